The van der Waals surface area contributed by atoms with Crippen LogP contribution in [0.15, 0.2) is 26.3 Å². The Morgan fingerprint density at radius 1 is 0.778 bits per heavy atom. The highest BCUT2D eigenvalue weighted by Gasteiger charge is 1.32. The fourth-order valence-corrected chi connectivity index (χ4v) is 0. The molecule has 0 saturated carbocycles. The third-order valence-electron chi connectivity index (χ3n) is 0. The number of hydrogen-bond acceptors (Lipinski definition) is 1. The number of thioether (sulfide) groups is 1. The SMILES string of the molecule is C=C.C=C.CC.CSC. The lowest BCUT2D eigenvalue weighted by molar-refractivity contribution is 1.50. The van der Waals surface area contributed by atoms with E-state index in [4.69, 9.17) is 0 Å². The summed E-state index contributed by atoms with van der Waals surface area (Å²) in [4.78, 5) is 0. The van der Waals surface area contributed by atoms with Gasteiger partial charge in [0.2, 0.25) is 0 Å². The molecule has 58 valence electrons. The van der Waals surface area contributed by atoms with Crippen LogP contribution in [-0.4, -0.2) is 12.5 Å². The standard InChI is InChI=1S/C2H6S.C2H6.2C2H4/c1-3-2;3*1-2/h1-2H3;1-2H3;2*1-2H2. The Hall–Kier alpha value is -0.170. The van der Waals surface area contributed by atoms with Crippen molar-refractivity contribution < 1.29 is 0 Å². The minimum Gasteiger partial charge on any atom is -0.169 e. The average Bonchev–Trinajstić information content (AvgIpc) is 2.01. The lowest BCUT2D eigenvalue weighted by atomic mass is 11.0. The molecule has 0 aliphatic rings. The minimum absolute atomic E-state index is 1.75. The smallest absolute Gasteiger partial charge is 0.0187 e. The molecule has 0 bridgehead atoms. The molecule has 0 heterocycles. The van der Waals surface area contributed by atoms with E-state index < -0.39 is 0 Å². The first kappa shape index (κ1) is 23.2. The third kappa shape index (κ3) is 9210. The predicted molar refractivity (Wildman–Crippen MR) is 53.3 cm³/mol. The molecule has 0 aromatic heterocycles. The van der Waals surface area contributed by atoms with E-state index >= 15 is 0 Å². The highest BCUT2D eigenvalue weighted by Crippen LogP contribution is 1.70. The number of hydrogen-bond donors (Lipinski definition) is 0. The maximum absolute atomic E-state index is 3.00. The van der Waals surface area contributed by atoms with Crippen molar-refractivity contribution in [1.29, 1.82) is 0 Å². The summed E-state index contributed by atoms with van der Waals surface area (Å²) >= 11 is 1.75. The summed E-state index contributed by atoms with van der Waals surface area (Å²) in [6.45, 7) is 16.0. The first-order valence-corrected chi connectivity index (χ1v) is 4.45. The second-order valence-corrected chi connectivity index (χ2v) is 1.22. The fraction of sp³-hybridized carbons (Fsp3) is 0.500. The van der Waals surface area contributed by atoms with Crippen LogP contribution in [0.25, 0.3) is 0 Å². The van der Waals surface area contributed by atoms with Crippen molar-refractivity contribution in [3.8, 4) is 0 Å². The van der Waals surface area contributed by atoms with Crippen molar-refractivity contribution in [1.82, 2.24) is 0 Å². The maximum atomic E-state index is 3.00. The quantitative estimate of drug-likeness (QED) is 0.473. The molecule has 0 atom stereocenters. The molecular weight excluding hydrogens is 128 g/mol. The predicted octanol–water partition coefficient (Wildman–Crippen LogP) is 3.61. The monoisotopic (exact) mass is 148 g/mol. The van der Waals surface area contributed by atoms with Crippen LogP contribution >= 0.6 is 11.8 Å². The van der Waals surface area contributed by atoms with Crippen LogP contribution in [0.5, 0.6) is 0 Å². The Morgan fingerprint density at radius 3 is 0.778 bits per heavy atom. The van der Waals surface area contributed by atoms with E-state index in [1.54, 1.807) is 11.8 Å². The summed E-state index contributed by atoms with van der Waals surface area (Å²) in [6, 6.07) is 0. The molecular formula is C8H20S. The van der Waals surface area contributed by atoms with E-state index in [1.807, 2.05) is 26.4 Å². The van der Waals surface area contributed by atoms with Crippen LogP contribution in [-0.2, 0) is 0 Å². The van der Waals surface area contributed by atoms with E-state index in [1.165, 1.54) is 0 Å². The molecule has 9 heavy (non-hydrogen) atoms. The summed E-state index contributed by atoms with van der Waals surface area (Å²) in [5.41, 5.74) is 0. The molecule has 0 unspecified atom stereocenters. The van der Waals surface area contributed by atoms with E-state index in [9.17, 15) is 0 Å². The van der Waals surface area contributed by atoms with Gasteiger partial charge in [-0.25, -0.2) is 0 Å². The van der Waals surface area contributed by atoms with Gasteiger partial charge in [0.15, 0.2) is 0 Å². The highest BCUT2D eigenvalue weighted by molar-refractivity contribution is 7.97. The Morgan fingerprint density at radius 2 is 0.778 bits per heavy atom. The third-order valence-corrected chi connectivity index (χ3v) is 0. The van der Waals surface area contributed by atoms with Crippen LogP contribution in [0.4, 0.5) is 0 Å². The van der Waals surface area contributed by atoms with Crippen molar-refractivity contribution in [2.45, 2.75) is 13.8 Å². The van der Waals surface area contributed by atoms with E-state index in [-0.39, 0.29) is 0 Å². The van der Waals surface area contributed by atoms with Gasteiger partial charge in [-0.1, -0.05) is 13.8 Å². The molecule has 0 nitrogen and oxygen atoms in total. The Labute approximate surface area is 65.1 Å². The molecule has 0 aliphatic carbocycles. The fourth-order valence-electron chi connectivity index (χ4n) is 0. The summed E-state index contributed by atoms with van der Waals surface area (Å²) < 4.78 is 0. The summed E-state index contributed by atoms with van der Waals surface area (Å²) in [7, 11) is 0. The second-order valence-electron chi connectivity index (χ2n) is 0.408. The van der Waals surface area contributed by atoms with Crippen LogP contribution in [0, 0.1) is 0 Å². The summed E-state index contributed by atoms with van der Waals surface area (Å²) in [5.74, 6) is 0. The topological polar surface area (TPSA) is 0 Å². The molecule has 0 aromatic rings. The lowest BCUT2D eigenvalue weighted by Gasteiger charge is -1.51. The van der Waals surface area contributed by atoms with Gasteiger partial charge >= 0.3 is 0 Å². The first-order chi connectivity index (χ1) is 4.41. The summed E-state index contributed by atoms with van der Waals surface area (Å²) in [5, 5.41) is 0. The molecule has 0 aliphatic heterocycles. The van der Waals surface area contributed by atoms with Crippen molar-refractivity contribution >= 4 is 11.8 Å². The highest BCUT2D eigenvalue weighted by atomic mass is 32.2. The van der Waals surface area contributed by atoms with Gasteiger partial charge in [0, 0.05) is 0 Å². The Balaban J connectivity index is -0.0000000190. The first-order valence-electron chi connectivity index (χ1n) is 2.82. The van der Waals surface area contributed by atoms with Crippen molar-refractivity contribution in [3.63, 3.8) is 0 Å². The number of rotatable bonds is 0. The average molecular weight is 148 g/mol. The maximum Gasteiger partial charge on any atom is -0.0187 e. The minimum atomic E-state index is 1.75. The molecule has 0 spiro atoms. The zero-order chi connectivity index (χ0) is 8.71. The zero-order valence-corrected chi connectivity index (χ0v) is 8.05. The van der Waals surface area contributed by atoms with Gasteiger partial charge in [-0.15, -0.1) is 26.3 Å². The molecule has 1 heteroatoms. The molecule has 0 aromatic carbocycles. The second kappa shape index (κ2) is 530. The van der Waals surface area contributed by atoms with Crippen LogP contribution in [0.1, 0.15) is 13.8 Å². The Kier molecular flexibility index (Phi) is 1370. The molecule has 0 N–H and O–H groups in total. The van der Waals surface area contributed by atoms with Gasteiger partial charge in [-0.05, 0) is 12.5 Å². The molecule has 0 saturated heterocycles. The summed E-state index contributed by atoms with van der Waals surface area (Å²) in [6.07, 6.45) is 4.08. The van der Waals surface area contributed by atoms with Crippen LogP contribution in [0.3, 0.4) is 0 Å². The molecule has 0 rings (SSSR count). The van der Waals surface area contributed by atoms with E-state index in [2.05, 4.69) is 26.3 Å². The van der Waals surface area contributed by atoms with Gasteiger partial charge in [-0.2, -0.15) is 11.8 Å². The van der Waals surface area contributed by atoms with Crippen LogP contribution in [0.2, 0.25) is 0 Å². The van der Waals surface area contributed by atoms with Gasteiger partial charge in [0.05, 0.1) is 0 Å². The molecule has 0 fully saturated rings. The van der Waals surface area contributed by atoms with Gasteiger partial charge in [0.25, 0.3) is 0 Å². The zero-order valence-electron chi connectivity index (χ0n) is 7.24. The van der Waals surface area contributed by atoms with Crippen molar-refractivity contribution in [2.24, 2.45) is 0 Å². The normalized spacial score (nSPS) is 3.56. The van der Waals surface area contributed by atoms with E-state index in [0.29, 0.717) is 0 Å². The van der Waals surface area contributed by atoms with Crippen LogP contribution < -0.4 is 0 Å². The molecule has 0 radical (unpaired) electrons. The van der Waals surface area contributed by atoms with Crippen molar-refractivity contribution in [3.05, 3.63) is 26.3 Å². The molecule has 0 amide bonds. The Bertz CT molecular complexity index is 12.0. The van der Waals surface area contributed by atoms with E-state index in [0.717, 1.165) is 0 Å². The van der Waals surface area contributed by atoms with Gasteiger partial charge in [0.1, 0.15) is 0 Å². The lowest BCUT2D eigenvalue weighted by Crippen LogP contribution is -1.25. The largest absolute Gasteiger partial charge is 0.169 e. The van der Waals surface area contributed by atoms with Crippen molar-refractivity contribution in [2.75, 3.05) is 12.5 Å². The van der Waals surface area contributed by atoms with Gasteiger partial charge in [-0.3, -0.25) is 0 Å². The van der Waals surface area contributed by atoms with Gasteiger partial charge < -0.3 is 0 Å².